The summed E-state index contributed by atoms with van der Waals surface area (Å²) < 4.78 is 5.71. The van der Waals surface area contributed by atoms with Crippen LogP contribution in [0.4, 0.5) is 5.69 Å². The van der Waals surface area contributed by atoms with Crippen LogP contribution in [-0.4, -0.2) is 44.1 Å². The first-order valence-electron chi connectivity index (χ1n) is 10.2. The molecular formula is C24H24N4O2. The van der Waals surface area contributed by atoms with Crippen LogP contribution in [0.3, 0.4) is 0 Å². The van der Waals surface area contributed by atoms with E-state index in [-0.39, 0.29) is 11.2 Å². The third-order valence-corrected chi connectivity index (χ3v) is 6.47. The van der Waals surface area contributed by atoms with Crippen molar-refractivity contribution in [2.75, 3.05) is 38.2 Å². The number of benzene rings is 2. The van der Waals surface area contributed by atoms with Crippen LogP contribution in [0.25, 0.3) is 10.9 Å². The maximum atomic E-state index is 13.6. The molecule has 152 valence electrons. The van der Waals surface area contributed by atoms with E-state index in [1.807, 2.05) is 18.2 Å². The number of nitrogens with one attached hydrogen (secondary N) is 2. The van der Waals surface area contributed by atoms with Crippen LogP contribution in [0, 0.1) is 11.3 Å². The molecule has 1 saturated heterocycles. The SMILES string of the molecule is COc1cc2c(cc1N1CCNCC1)C(C)(C)c1[nH]c3cc(C#N)ccc3c1C2=O. The molecule has 0 radical (unpaired) electrons. The van der Waals surface area contributed by atoms with Crippen molar-refractivity contribution in [3.63, 3.8) is 0 Å². The van der Waals surface area contributed by atoms with Gasteiger partial charge in [0.05, 0.1) is 30.0 Å². The Morgan fingerprint density at radius 2 is 1.93 bits per heavy atom. The molecule has 2 N–H and O–H groups in total. The largest absolute Gasteiger partial charge is 0.495 e. The van der Waals surface area contributed by atoms with Crippen LogP contribution in [0.2, 0.25) is 0 Å². The van der Waals surface area contributed by atoms with Crippen molar-refractivity contribution in [3.8, 4) is 11.8 Å². The van der Waals surface area contributed by atoms with Gasteiger partial charge in [0.1, 0.15) is 5.75 Å². The second kappa shape index (κ2) is 6.61. The Balaban J connectivity index is 1.73. The minimum Gasteiger partial charge on any atom is -0.495 e. The predicted molar refractivity (Wildman–Crippen MR) is 117 cm³/mol. The standard InChI is InChI=1S/C24H24N4O2/c1-24(2)17-12-19(28-8-6-26-7-9-28)20(30-3)11-16(17)22(29)21-15-5-4-14(13-25)10-18(15)27-23(21)24/h4-5,10-12,26-27H,6-9H2,1-3H3. The highest BCUT2D eigenvalue weighted by atomic mass is 16.5. The van der Waals surface area contributed by atoms with Crippen molar-refractivity contribution >= 4 is 22.4 Å². The molecule has 0 amide bonds. The molecule has 0 atom stereocenters. The summed E-state index contributed by atoms with van der Waals surface area (Å²) in [5.74, 6) is 0.732. The number of carbonyl (C=O) groups is 1. The minimum atomic E-state index is -0.389. The van der Waals surface area contributed by atoms with Crippen molar-refractivity contribution < 1.29 is 9.53 Å². The topological polar surface area (TPSA) is 81.2 Å². The number of carbonyl (C=O) groups excluding carboxylic acids is 1. The molecule has 1 fully saturated rings. The summed E-state index contributed by atoms with van der Waals surface area (Å²) in [6, 6.07) is 11.7. The summed E-state index contributed by atoms with van der Waals surface area (Å²) in [7, 11) is 1.66. The van der Waals surface area contributed by atoms with E-state index in [0.29, 0.717) is 16.7 Å². The van der Waals surface area contributed by atoms with E-state index in [1.165, 1.54) is 0 Å². The predicted octanol–water partition coefficient (Wildman–Crippen LogP) is 3.33. The smallest absolute Gasteiger partial charge is 0.195 e. The number of aromatic amines is 1. The average molecular weight is 400 g/mol. The number of hydrogen-bond acceptors (Lipinski definition) is 5. The number of fused-ring (bicyclic) bond motifs is 4. The lowest BCUT2D eigenvalue weighted by atomic mass is 9.71. The number of ether oxygens (including phenoxy) is 1. The lowest BCUT2D eigenvalue weighted by Gasteiger charge is -2.36. The van der Waals surface area contributed by atoms with Crippen LogP contribution in [0.5, 0.6) is 5.75 Å². The monoisotopic (exact) mass is 400 g/mol. The number of rotatable bonds is 2. The second-order valence-electron chi connectivity index (χ2n) is 8.51. The molecule has 3 aromatic rings. The van der Waals surface area contributed by atoms with Crippen LogP contribution in [0.15, 0.2) is 30.3 Å². The van der Waals surface area contributed by atoms with Gasteiger partial charge in [0.25, 0.3) is 0 Å². The summed E-state index contributed by atoms with van der Waals surface area (Å²) in [5, 5.41) is 13.5. The fraction of sp³-hybridized carbons (Fsp3) is 0.333. The molecule has 0 unspecified atom stereocenters. The fourth-order valence-electron chi connectivity index (χ4n) is 4.83. The van der Waals surface area contributed by atoms with Gasteiger partial charge in [0.2, 0.25) is 0 Å². The van der Waals surface area contributed by atoms with E-state index < -0.39 is 0 Å². The van der Waals surface area contributed by atoms with Gasteiger partial charge in [-0.1, -0.05) is 19.9 Å². The van der Waals surface area contributed by atoms with Crippen molar-refractivity contribution in [1.29, 1.82) is 5.26 Å². The van der Waals surface area contributed by atoms with Crippen LogP contribution in [-0.2, 0) is 5.41 Å². The Bertz CT molecular complexity index is 1230. The van der Waals surface area contributed by atoms with E-state index in [9.17, 15) is 10.1 Å². The zero-order valence-electron chi connectivity index (χ0n) is 17.4. The zero-order chi connectivity index (χ0) is 21.0. The normalized spacial score (nSPS) is 17.4. The number of aromatic nitrogens is 1. The molecule has 2 heterocycles. The molecule has 2 aromatic carbocycles. The Hall–Kier alpha value is -3.30. The van der Waals surface area contributed by atoms with E-state index in [1.54, 1.807) is 13.2 Å². The third kappa shape index (κ3) is 2.55. The van der Waals surface area contributed by atoms with Gasteiger partial charge in [0, 0.05) is 53.8 Å². The first-order chi connectivity index (χ1) is 14.5. The third-order valence-electron chi connectivity index (χ3n) is 6.47. The van der Waals surface area contributed by atoms with E-state index in [4.69, 9.17) is 4.74 Å². The molecule has 0 saturated carbocycles. The number of ketones is 1. The first kappa shape index (κ1) is 18.7. The quantitative estimate of drug-likeness (QED) is 0.690. The maximum absolute atomic E-state index is 13.6. The Morgan fingerprint density at radius 3 is 2.63 bits per heavy atom. The molecular weight excluding hydrogens is 376 g/mol. The van der Waals surface area contributed by atoms with Crippen LogP contribution < -0.4 is 15.0 Å². The fourth-order valence-corrected chi connectivity index (χ4v) is 4.83. The number of nitrogens with zero attached hydrogens (tertiary/aromatic N) is 2. The van der Waals surface area contributed by atoms with Crippen molar-refractivity contribution in [2.45, 2.75) is 19.3 Å². The number of methoxy groups -OCH3 is 1. The molecule has 1 aliphatic carbocycles. The van der Waals surface area contributed by atoms with Gasteiger partial charge < -0.3 is 19.9 Å². The number of hydrogen-bond donors (Lipinski definition) is 2. The molecule has 6 nitrogen and oxygen atoms in total. The highest BCUT2D eigenvalue weighted by molar-refractivity contribution is 6.20. The Kier molecular flexibility index (Phi) is 4.12. The van der Waals surface area contributed by atoms with E-state index >= 15 is 0 Å². The highest BCUT2D eigenvalue weighted by Crippen LogP contribution is 2.47. The number of anilines is 1. The summed E-state index contributed by atoms with van der Waals surface area (Å²) in [5.41, 5.74) is 5.33. The summed E-state index contributed by atoms with van der Waals surface area (Å²) in [6.45, 7) is 7.94. The molecule has 1 aromatic heterocycles. The summed E-state index contributed by atoms with van der Waals surface area (Å²) >= 11 is 0. The highest BCUT2D eigenvalue weighted by Gasteiger charge is 2.40. The van der Waals surface area contributed by atoms with Crippen LogP contribution >= 0.6 is 0 Å². The summed E-state index contributed by atoms with van der Waals surface area (Å²) in [6.07, 6.45) is 0. The van der Waals surface area contributed by atoms with Crippen LogP contribution in [0.1, 0.15) is 46.6 Å². The number of H-pyrrole nitrogens is 1. The van der Waals surface area contributed by atoms with Gasteiger partial charge in [-0.05, 0) is 29.8 Å². The Labute approximate surface area is 175 Å². The van der Waals surface area contributed by atoms with Gasteiger partial charge in [-0.2, -0.15) is 5.26 Å². The van der Waals surface area contributed by atoms with Gasteiger partial charge in [-0.25, -0.2) is 0 Å². The average Bonchev–Trinajstić information content (AvgIpc) is 3.17. The minimum absolute atomic E-state index is 0.000411. The lowest BCUT2D eigenvalue weighted by molar-refractivity contribution is 0.103. The van der Waals surface area contributed by atoms with E-state index in [0.717, 1.165) is 59.8 Å². The Morgan fingerprint density at radius 1 is 1.17 bits per heavy atom. The second-order valence-corrected chi connectivity index (χ2v) is 8.51. The lowest BCUT2D eigenvalue weighted by Crippen LogP contribution is -2.44. The molecule has 6 heteroatoms. The van der Waals surface area contributed by atoms with Crippen molar-refractivity contribution in [1.82, 2.24) is 10.3 Å². The van der Waals surface area contributed by atoms with Gasteiger partial charge >= 0.3 is 0 Å². The van der Waals surface area contributed by atoms with E-state index in [2.05, 4.69) is 41.2 Å². The molecule has 0 spiro atoms. The molecule has 0 bridgehead atoms. The number of piperazine rings is 1. The number of nitriles is 1. The van der Waals surface area contributed by atoms with Crippen molar-refractivity contribution in [2.24, 2.45) is 0 Å². The molecule has 30 heavy (non-hydrogen) atoms. The summed E-state index contributed by atoms with van der Waals surface area (Å²) in [4.78, 5) is 19.4. The molecule has 1 aliphatic heterocycles. The van der Waals surface area contributed by atoms with Gasteiger partial charge in [-0.3, -0.25) is 4.79 Å². The zero-order valence-corrected chi connectivity index (χ0v) is 17.4. The molecule has 5 rings (SSSR count). The first-order valence-corrected chi connectivity index (χ1v) is 10.2. The van der Waals surface area contributed by atoms with Gasteiger partial charge in [0.15, 0.2) is 5.78 Å². The van der Waals surface area contributed by atoms with Gasteiger partial charge in [-0.15, -0.1) is 0 Å². The van der Waals surface area contributed by atoms with Crippen molar-refractivity contribution in [3.05, 3.63) is 58.3 Å². The maximum Gasteiger partial charge on any atom is 0.195 e. The molecule has 2 aliphatic rings.